The van der Waals surface area contributed by atoms with Crippen molar-refractivity contribution in [2.75, 3.05) is 21.0 Å². The fourth-order valence-corrected chi connectivity index (χ4v) is 5.52. The van der Waals surface area contributed by atoms with Crippen molar-refractivity contribution in [2.45, 2.75) is 30.9 Å². The second-order valence-corrected chi connectivity index (χ2v) is 10.6. The van der Waals surface area contributed by atoms with Crippen LogP contribution in [0.4, 0.5) is 0 Å². The van der Waals surface area contributed by atoms with Crippen LogP contribution in [0.3, 0.4) is 0 Å². The topological polar surface area (TPSA) is 125 Å². The summed E-state index contributed by atoms with van der Waals surface area (Å²) in [6.45, 7) is 3.91. The van der Waals surface area contributed by atoms with E-state index in [4.69, 9.17) is 23.7 Å². The zero-order valence-corrected chi connectivity index (χ0v) is 21.6. The van der Waals surface area contributed by atoms with Crippen LogP contribution in [0.15, 0.2) is 53.4 Å². The van der Waals surface area contributed by atoms with Gasteiger partial charge in [0.25, 0.3) is 10.0 Å². The number of fused-ring (bicyclic) bond motifs is 2. The van der Waals surface area contributed by atoms with Crippen molar-refractivity contribution in [1.29, 1.82) is 0 Å². The normalized spacial score (nSPS) is 20.2. The highest BCUT2D eigenvalue weighted by molar-refractivity contribution is 7.89. The van der Waals surface area contributed by atoms with Crippen LogP contribution in [-0.2, 0) is 10.0 Å². The maximum atomic E-state index is 12.9. The highest BCUT2D eigenvalue weighted by Gasteiger charge is 2.39. The van der Waals surface area contributed by atoms with Gasteiger partial charge in [-0.1, -0.05) is 24.6 Å². The van der Waals surface area contributed by atoms with Crippen LogP contribution < -0.4 is 33.9 Å². The Hall–Kier alpha value is -3.67. The molecule has 0 radical (unpaired) electrons. The quantitative estimate of drug-likeness (QED) is 0.396. The summed E-state index contributed by atoms with van der Waals surface area (Å²) in [6.07, 6.45) is -0.760. The molecule has 10 nitrogen and oxygen atoms in total. The Bertz CT molecular complexity index is 1400. The number of hydrogen-bond acceptors (Lipinski definition) is 9. The molecule has 196 valence electrons. The Morgan fingerprint density at radius 1 is 0.946 bits per heavy atom. The molecule has 5 rings (SSSR count). The van der Waals surface area contributed by atoms with Crippen LogP contribution in [0.2, 0.25) is 0 Å². The third-order valence-electron chi connectivity index (χ3n) is 6.63. The van der Waals surface area contributed by atoms with E-state index in [-0.39, 0.29) is 40.8 Å². The molecule has 0 bridgehead atoms. The van der Waals surface area contributed by atoms with Crippen molar-refractivity contribution >= 4 is 10.0 Å². The van der Waals surface area contributed by atoms with Gasteiger partial charge in [-0.05, 0) is 42.8 Å². The number of hydrogen-bond donors (Lipinski definition) is 3. The van der Waals surface area contributed by atoms with Gasteiger partial charge in [-0.15, -0.1) is 4.83 Å². The molecule has 0 spiro atoms. The second-order valence-electron chi connectivity index (χ2n) is 8.96. The zero-order chi connectivity index (χ0) is 26.3. The minimum Gasteiger partial charge on any atom is -0.502 e. The summed E-state index contributed by atoms with van der Waals surface area (Å²) in [7, 11) is -0.934. The van der Waals surface area contributed by atoms with Crippen molar-refractivity contribution < 1.29 is 37.2 Å². The zero-order valence-electron chi connectivity index (χ0n) is 20.8. The maximum Gasteiger partial charge on any atom is 0.253 e. The van der Waals surface area contributed by atoms with E-state index in [1.165, 1.54) is 26.4 Å². The molecule has 0 aliphatic carbocycles. The molecule has 0 aromatic heterocycles. The molecule has 11 heteroatoms. The van der Waals surface area contributed by atoms with Gasteiger partial charge in [0.2, 0.25) is 12.5 Å². The van der Waals surface area contributed by atoms with Crippen molar-refractivity contribution in [2.24, 2.45) is 5.92 Å². The van der Waals surface area contributed by atoms with Crippen LogP contribution >= 0.6 is 0 Å². The van der Waals surface area contributed by atoms with Gasteiger partial charge in [0, 0.05) is 23.5 Å². The standard InChI is InChI=1S/C26H28N2O8S/c1-14-5-7-17(8-6-14)37(30,31)28-27-26-15(2)24(16-9-22(32-3)25(29)23(10-16)33-4)18-11-20-21(35-13-34-20)12-19(18)36-26/h5-12,15,24,26-29H,13H2,1-4H3/t15-,24+,26-/m0/s1. The molecule has 37 heavy (non-hydrogen) atoms. The number of methoxy groups -OCH3 is 2. The van der Waals surface area contributed by atoms with Crippen molar-refractivity contribution in [1.82, 2.24) is 10.3 Å². The summed E-state index contributed by atoms with van der Waals surface area (Å²) in [5.74, 6) is 1.40. The van der Waals surface area contributed by atoms with Crippen LogP contribution in [0.1, 0.15) is 29.5 Å². The van der Waals surface area contributed by atoms with E-state index in [0.29, 0.717) is 17.2 Å². The molecule has 2 aliphatic rings. The van der Waals surface area contributed by atoms with Gasteiger partial charge in [0.05, 0.1) is 19.1 Å². The molecular formula is C26H28N2O8S. The number of phenols is 1. The molecular weight excluding hydrogens is 500 g/mol. The van der Waals surface area contributed by atoms with Gasteiger partial charge in [0.1, 0.15) is 5.75 Å². The Morgan fingerprint density at radius 2 is 1.57 bits per heavy atom. The van der Waals surface area contributed by atoms with Crippen LogP contribution in [-0.4, -0.2) is 40.8 Å². The van der Waals surface area contributed by atoms with E-state index in [1.807, 2.05) is 19.9 Å². The predicted molar refractivity (Wildman–Crippen MR) is 134 cm³/mol. The summed E-state index contributed by atoms with van der Waals surface area (Å²) < 4.78 is 53.9. The minimum absolute atomic E-state index is 0.0946. The number of rotatable bonds is 7. The van der Waals surface area contributed by atoms with E-state index in [1.54, 1.807) is 30.3 Å². The lowest BCUT2D eigenvalue weighted by Crippen LogP contribution is -2.52. The SMILES string of the molecule is COc1cc([C@@H]2c3cc4c(cc3O[C@H](NNS(=O)(=O)c3ccc(C)cc3)[C@H]2C)OCO4)cc(OC)c1O. The minimum atomic E-state index is -3.85. The molecule has 0 saturated carbocycles. The number of aromatic hydroxyl groups is 1. The summed E-state index contributed by atoms with van der Waals surface area (Å²) in [5, 5.41) is 10.5. The lowest BCUT2D eigenvalue weighted by molar-refractivity contribution is 0.0736. The molecule has 2 heterocycles. The van der Waals surface area contributed by atoms with Gasteiger partial charge in [0.15, 0.2) is 29.2 Å². The van der Waals surface area contributed by atoms with Crippen molar-refractivity contribution in [3.8, 4) is 34.5 Å². The van der Waals surface area contributed by atoms with Crippen LogP contribution in [0.5, 0.6) is 34.5 Å². The highest BCUT2D eigenvalue weighted by atomic mass is 32.2. The van der Waals surface area contributed by atoms with E-state index in [2.05, 4.69) is 10.3 Å². The average Bonchev–Trinajstić information content (AvgIpc) is 3.34. The van der Waals surface area contributed by atoms with Gasteiger partial charge in [-0.25, -0.2) is 13.8 Å². The van der Waals surface area contributed by atoms with Crippen LogP contribution in [0.25, 0.3) is 0 Å². The largest absolute Gasteiger partial charge is 0.502 e. The predicted octanol–water partition coefficient (Wildman–Crippen LogP) is 3.42. The number of hydrazine groups is 1. The Labute approximate surface area is 215 Å². The van der Waals surface area contributed by atoms with Crippen LogP contribution in [0, 0.1) is 12.8 Å². The molecule has 0 saturated heterocycles. The first-order valence-corrected chi connectivity index (χ1v) is 13.1. The third kappa shape index (κ3) is 4.61. The molecule has 2 aliphatic heterocycles. The Morgan fingerprint density at radius 3 is 2.19 bits per heavy atom. The lowest BCUT2D eigenvalue weighted by Gasteiger charge is -2.38. The smallest absolute Gasteiger partial charge is 0.253 e. The Balaban J connectivity index is 1.53. The third-order valence-corrected chi connectivity index (χ3v) is 7.90. The number of sulfonamides is 1. The van der Waals surface area contributed by atoms with E-state index < -0.39 is 16.3 Å². The maximum absolute atomic E-state index is 12.9. The van der Waals surface area contributed by atoms with Crippen molar-refractivity contribution in [3.05, 3.63) is 65.2 Å². The molecule has 3 aromatic carbocycles. The van der Waals surface area contributed by atoms with Gasteiger partial charge in [-0.3, -0.25) is 0 Å². The fourth-order valence-electron chi connectivity index (χ4n) is 4.64. The van der Waals surface area contributed by atoms with E-state index in [9.17, 15) is 13.5 Å². The number of ether oxygens (including phenoxy) is 5. The van der Waals surface area contributed by atoms with E-state index in [0.717, 1.165) is 16.7 Å². The monoisotopic (exact) mass is 528 g/mol. The first-order chi connectivity index (χ1) is 17.7. The molecule has 3 N–H and O–H groups in total. The molecule has 0 unspecified atom stereocenters. The van der Waals surface area contributed by atoms with Gasteiger partial charge < -0.3 is 28.8 Å². The first kappa shape index (κ1) is 25.0. The summed E-state index contributed by atoms with van der Waals surface area (Å²) in [4.78, 5) is 2.58. The highest BCUT2D eigenvalue weighted by Crippen LogP contribution is 2.50. The molecule has 3 atom stereocenters. The fraction of sp³-hybridized carbons (Fsp3) is 0.308. The second kappa shape index (κ2) is 9.66. The van der Waals surface area contributed by atoms with Gasteiger partial charge in [-0.2, -0.15) is 0 Å². The first-order valence-electron chi connectivity index (χ1n) is 11.6. The number of nitrogens with one attached hydrogen (secondary N) is 2. The van der Waals surface area contributed by atoms with E-state index >= 15 is 0 Å². The summed E-state index contributed by atoms with van der Waals surface area (Å²) in [6, 6.07) is 13.6. The number of phenolic OH excluding ortho intramolecular Hbond substituents is 1. The van der Waals surface area contributed by atoms with Crippen molar-refractivity contribution in [3.63, 3.8) is 0 Å². The molecule has 3 aromatic rings. The number of benzene rings is 3. The molecule has 0 amide bonds. The molecule has 0 fully saturated rings. The Kier molecular flexibility index (Phi) is 6.52. The summed E-state index contributed by atoms with van der Waals surface area (Å²) >= 11 is 0. The average molecular weight is 529 g/mol. The lowest BCUT2D eigenvalue weighted by atomic mass is 9.78. The summed E-state index contributed by atoms with van der Waals surface area (Å²) in [5.41, 5.74) is 5.40. The number of aryl methyl sites for hydroxylation is 1. The van der Waals surface area contributed by atoms with Gasteiger partial charge >= 0.3 is 0 Å².